The number of benzene rings is 2. The SMILES string of the molecule is COc1ccc(NC(=O)NN2[C@@H]3c4cc(Oc5ccnc6c5CCC(=O)N6)ccc4O[C@@H]32)c(Cl)c1. The Morgan fingerprint density at radius 2 is 2.06 bits per heavy atom. The fraction of sp³-hybridized carbons (Fsp3) is 0.208. The van der Waals surface area contributed by atoms with E-state index in [9.17, 15) is 9.59 Å². The lowest BCUT2D eigenvalue weighted by Gasteiger charge is -2.19. The largest absolute Gasteiger partial charge is 0.497 e. The van der Waals surface area contributed by atoms with Gasteiger partial charge in [-0.15, -0.1) is 0 Å². The van der Waals surface area contributed by atoms with Gasteiger partial charge in [0, 0.05) is 29.8 Å². The molecule has 11 heteroatoms. The Labute approximate surface area is 205 Å². The smallest absolute Gasteiger partial charge is 0.333 e. The van der Waals surface area contributed by atoms with E-state index in [1.54, 1.807) is 42.6 Å². The Balaban J connectivity index is 1.13. The second kappa shape index (κ2) is 8.33. The van der Waals surface area contributed by atoms with Crippen LogP contribution in [0.1, 0.15) is 23.6 Å². The average Bonchev–Trinajstić information content (AvgIpc) is 3.36. The number of methoxy groups -OCH3 is 1. The summed E-state index contributed by atoms with van der Waals surface area (Å²) in [6.07, 6.45) is 2.27. The number of pyridine rings is 1. The van der Waals surface area contributed by atoms with Crippen molar-refractivity contribution in [3.05, 3.63) is 64.8 Å². The maximum absolute atomic E-state index is 12.5. The summed E-state index contributed by atoms with van der Waals surface area (Å²) in [5, 5.41) is 7.58. The third kappa shape index (κ3) is 3.96. The van der Waals surface area contributed by atoms with Crippen LogP contribution in [0.4, 0.5) is 16.3 Å². The van der Waals surface area contributed by atoms with E-state index in [0.717, 1.165) is 16.9 Å². The molecule has 0 radical (unpaired) electrons. The van der Waals surface area contributed by atoms with Gasteiger partial charge in [-0.05, 0) is 42.8 Å². The highest BCUT2D eigenvalue weighted by atomic mass is 35.5. The van der Waals surface area contributed by atoms with Crippen molar-refractivity contribution in [2.45, 2.75) is 25.1 Å². The van der Waals surface area contributed by atoms with Gasteiger partial charge in [0.05, 0.1) is 17.8 Å². The maximum Gasteiger partial charge on any atom is 0.333 e. The van der Waals surface area contributed by atoms with Gasteiger partial charge < -0.3 is 24.8 Å². The summed E-state index contributed by atoms with van der Waals surface area (Å²) < 4.78 is 17.2. The number of ether oxygens (including phenoxy) is 3. The molecule has 6 rings (SSSR count). The van der Waals surface area contributed by atoms with Crippen LogP contribution in [0.25, 0.3) is 0 Å². The number of hydrogen-bond acceptors (Lipinski definition) is 7. The predicted molar refractivity (Wildman–Crippen MR) is 127 cm³/mol. The maximum atomic E-state index is 12.5. The van der Waals surface area contributed by atoms with Gasteiger partial charge in [0.25, 0.3) is 0 Å². The van der Waals surface area contributed by atoms with Crippen molar-refractivity contribution in [1.29, 1.82) is 0 Å². The number of hydrogen-bond donors (Lipinski definition) is 3. The second-order valence-electron chi connectivity index (χ2n) is 8.26. The quantitative estimate of drug-likeness (QED) is 0.456. The summed E-state index contributed by atoms with van der Waals surface area (Å²) in [5.74, 6) is 3.09. The number of halogens is 1. The van der Waals surface area contributed by atoms with Gasteiger partial charge in [0.2, 0.25) is 5.91 Å². The topological polar surface area (TPSA) is 114 Å². The summed E-state index contributed by atoms with van der Waals surface area (Å²) in [6, 6.07) is 11.8. The number of aromatic nitrogens is 1. The number of urea groups is 1. The summed E-state index contributed by atoms with van der Waals surface area (Å²) in [6.45, 7) is 0. The van der Waals surface area contributed by atoms with Crippen LogP contribution in [0.15, 0.2) is 48.7 Å². The number of amides is 3. The lowest BCUT2D eigenvalue weighted by molar-refractivity contribution is -0.116. The van der Waals surface area contributed by atoms with Crippen LogP contribution in [-0.4, -0.2) is 35.3 Å². The van der Waals surface area contributed by atoms with Crippen molar-refractivity contribution < 1.29 is 23.8 Å². The first-order valence-electron chi connectivity index (χ1n) is 11.0. The molecule has 3 N–H and O–H groups in total. The van der Waals surface area contributed by atoms with Crippen LogP contribution in [0, 0.1) is 0 Å². The van der Waals surface area contributed by atoms with E-state index < -0.39 is 6.03 Å². The molecule has 1 fully saturated rings. The summed E-state index contributed by atoms with van der Waals surface area (Å²) in [4.78, 5) is 28.4. The fourth-order valence-electron chi connectivity index (χ4n) is 4.30. The first kappa shape index (κ1) is 21.5. The zero-order chi connectivity index (χ0) is 24.1. The molecule has 1 unspecified atom stereocenters. The van der Waals surface area contributed by atoms with Gasteiger partial charge in [-0.25, -0.2) is 9.78 Å². The van der Waals surface area contributed by atoms with Gasteiger partial charge in [0.15, 0.2) is 6.23 Å². The Morgan fingerprint density at radius 3 is 2.89 bits per heavy atom. The van der Waals surface area contributed by atoms with Crippen LogP contribution >= 0.6 is 11.6 Å². The molecule has 4 heterocycles. The third-order valence-corrected chi connectivity index (χ3v) is 6.37. The summed E-state index contributed by atoms with van der Waals surface area (Å²) in [5.41, 5.74) is 5.03. The predicted octanol–water partition coefficient (Wildman–Crippen LogP) is 4.23. The van der Waals surface area contributed by atoms with Crippen molar-refractivity contribution in [3.8, 4) is 23.0 Å². The van der Waals surface area contributed by atoms with Gasteiger partial charge >= 0.3 is 6.03 Å². The Hall–Kier alpha value is -4.02. The minimum absolute atomic E-state index is 0.0532. The standard InChI is InChI=1S/C24H20ClN5O5/c1-33-12-2-5-17(16(25)11-12)27-24(32)29-30-21-15-10-13(3-6-18(15)35-23(21)30)34-19-8-9-26-22-14(19)4-7-20(31)28-22/h2-3,5-6,8-11,21,23H,4,7H2,1H3,(H,26,28,31)(H2,27,29,32)/t21-,23+,30?/m1/s1. The summed E-state index contributed by atoms with van der Waals surface area (Å²) >= 11 is 6.20. The van der Waals surface area contributed by atoms with E-state index >= 15 is 0 Å². The molecule has 0 aliphatic carbocycles. The van der Waals surface area contributed by atoms with Gasteiger partial charge in [-0.3, -0.25) is 10.2 Å². The third-order valence-electron chi connectivity index (χ3n) is 6.06. The molecule has 10 nitrogen and oxygen atoms in total. The number of anilines is 2. The molecule has 3 aromatic rings. The van der Waals surface area contributed by atoms with Crippen LogP contribution in [0.3, 0.4) is 0 Å². The van der Waals surface area contributed by atoms with Crippen molar-refractivity contribution >= 4 is 35.0 Å². The molecule has 3 aliphatic rings. The number of carbonyl (C=O) groups is 2. The van der Waals surface area contributed by atoms with Gasteiger partial charge in [0.1, 0.15) is 34.9 Å². The average molecular weight is 494 g/mol. The second-order valence-corrected chi connectivity index (χ2v) is 8.67. The number of hydrazine groups is 1. The van der Waals surface area contributed by atoms with Crippen molar-refractivity contribution in [1.82, 2.24) is 15.4 Å². The van der Waals surface area contributed by atoms with Gasteiger partial charge in [-0.1, -0.05) is 11.6 Å². The van der Waals surface area contributed by atoms with E-state index in [-0.39, 0.29) is 18.2 Å². The molecular formula is C24H20ClN5O5. The first-order chi connectivity index (χ1) is 17.0. The number of fused-ring (bicyclic) bond motifs is 4. The molecule has 0 saturated carbocycles. The van der Waals surface area contributed by atoms with Gasteiger partial charge in [-0.2, -0.15) is 5.01 Å². The number of nitrogens with zero attached hydrogens (tertiary/aromatic N) is 2. The van der Waals surface area contributed by atoms with Crippen LogP contribution in [0.5, 0.6) is 23.0 Å². The molecule has 1 saturated heterocycles. The van der Waals surface area contributed by atoms with Crippen molar-refractivity contribution in [2.24, 2.45) is 0 Å². The molecular weight excluding hydrogens is 474 g/mol. The molecule has 2 aromatic carbocycles. The van der Waals surface area contributed by atoms with Crippen molar-refractivity contribution in [2.75, 3.05) is 17.7 Å². The molecule has 178 valence electrons. The lowest BCUT2D eigenvalue weighted by Crippen LogP contribution is -2.36. The van der Waals surface area contributed by atoms with Crippen molar-refractivity contribution in [3.63, 3.8) is 0 Å². The fourth-order valence-corrected chi connectivity index (χ4v) is 4.52. The molecule has 35 heavy (non-hydrogen) atoms. The zero-order valence-electron chi connectivity index (χ0n) is 18.5. The summed E-state index contributed by atoms with van der Waals surface area (Å²) in [7, 11) is 1.54. The Kier molecular flexibility index (Phi) is 5.12. The lowest BCUT2D eigenvalue weighted by atomic mass is 10.1. The minimum Gasteiger partial charge on any atom is -0.497 e. The highest BCUT2D eigenvalue weighted by Crippen LogP contribution is 2.53. The van der Waals surface area contributed by atoms with Crippen LogP contribution in [-0.2, 0) is 11.2 Å². The highest BCUT2D eigenvalue weighted by molar-refractivity contribution is 6.33. The molecule has 3 atom stereocenters. The normalized spacial score (nSPS) is 21.0. The van der Waals surface area contributed by atoms with E-state index in [0.29, 0.717) is 46.6 Å². The zero-order valence-corrected chi connectivity index (χ0v) is 19.3. The minimum atomic E-state index is -0.436. The monoisotopic (exact) mass is 493 g/mol. The molecule has 0 bridgehead atoms. The Morgan fingerprint density at radius 1 is 1.20 bits per heavy atom. The molecule has 1 aromatic heterocycles. The number of carbonyl (C=O) groups excluding carboxylic acids is 2. The first-order valence-corrected chi connectivity index (χ1v) is 11.3. The van der Waals surface area contributed by atoms with E-state index in [1.165, 1.54) is 0 Å². The van der Waals surface area contributed by atoms with E-state index in [4.69, 9.17) is 25.8 Å². The van der Waals surface area contributed by atoms with E-state index in [1.807, 2.05) is 18.2 Å². The number of nitrogens with one attached hydrogen (secondary N) is 3. The molecule has 3 amide bonds. The highest BCUT2D eigenvalue weighted by Gasteiger charge is 2.58. The van der Waals surface area contributed by atoms with E-state index in [2.05, 4.69) is 21.0 Å². The molecule has 3 aliphatic heterocycles. The number of rotatable bonds is 5. The van der Waals surface area contributed by atoms with Crippen LogP contribution < -0.4 is 30.3 Å². The van der Waals surface area contributed by atoms with Crippen LogP contribution in [0.2, 0.25) is 5.02 Å². The Bertz CT molecular complexity index is 1370. The molecule has 0 spiro atoms.